The van der Waals surface area contributed by atoms with Crippen LogP contribution in [0.1, 0.15) is 12.5 Å². The van der Waals surface area contributed by atoms with E-state index in [-0.39, 0.29) is 6.03 Å². The van der Waals surface area contributed by atoms with E-state index < -0.39 is 0 Å². The number of hydrogen-bond acceptors (Lipinski definition) is 3. The van der Waals surface area contributed by atoms with E-state index in [4.69, 9.17) is 4.74 Å². The summed E-state index contributed by atoms with van der Waals surface area (Å²) in [7, 11) is 0. The Bertz CT molecular complexity index is 459. The second-order valence-corrected chi connectivity index (χ2v) is 5.25. The quantitative estimate of drug-likeness (QED) is 0.900. The lowest BCUT2D eigenvalue weighted by molar-refractivity contribution is 0.0533. The molecule has 1 saturated heterocycles. The van der Waals surface area contributed by atoms with Gasteiger partial charge in [0.05, 0.1) is 13.2 Å². The number of likely N-dealkylation sites (N-methyl/N-ethyl adjacent to an activating group) is 1. The van der Waals surface area contributed by atoms with E-state index in [1.54, 1.807) is 0 Å². The average molecular weight is 291 g/mol. The molecule has 1 aliphatic rings. The van der Waals surface area contributed by atoms with Gasteiger partial charge in [0.1, 0.15) is 0 Å². The minimum atomic E-state index is 0.0126. The number of benzene rings is 1. The average Bonchev–Trinajstić information content (AvgIpc) is 2.52. The summed E-state index contributed by atoms with van der Waals surface area (Å²) in [6.07, 6.45) is 0. The molecular weight excluding hydrogens is 266 g/mol. The molecule has 1 aromatic rings. The number of morpholine rings is 1. The molecule has 0 aliphatic carbocycles. The molecule has 0 bridgehead atoms. The molecule has 1 heterocycles. The first kappa shape index (κ1) is 15.6. The number of amides is 2. The number of carbonyl (C=O) groups is 1. The SMILES string of the molecule is CCN(CCNC(=O)N1CCOCC1)c1cccc(C)c1. The maximum absolute atomic E-state index is 12.0. The first-order valence-corrected chi connectivity index (χ1v) is 7.63. The van der Waals surface area contributed by atoms with Crippen molar-refractivity contribution in [2.45, 2.75) is 13.8 Å². The van der Waals surface area contributed by atoms with Crippen LogP contribution < -0.4 is 10.2 Å². The summed E-state index contributed by atoms with van der Waals surface area (Å²) in [6.45, 7) is 9.26. The molecule has 2 amide bonds. The smallest absolute Gasteiger partial charge is 0.317 e. The van der Waals surface area contributed by atoms with Gasteiger partial charge in [-0.2, -0.15) is 0 Å². The van der Waals surface area contributed by atoms with Crippen LogP contribution in [0.2, 0.25) is 0 Å². The number of aryl methyl sites for hydroxylation is 1. The molecule has 21 heavy (non-hydrogen) atoms. The van der Waals surface area contributed by atoms with Gasteiger partial charge in [-0.25, -0.2) is 4.79 Å². The van der Waals surface area contributed by atoms with Gasteiger partial charge >= 0.3 is 6.03 Å². The number of rotatable bonds is 5. The van der Waals surface area contributed by atoms with E-state index in [1.165, 1.54) is 11.3 Å². The van der Waals surface area contributed by atoms with E-state index in [2.05, 4.69) is 48.3 Å². The van der Waals surface area contributed by atoms with Gasteiger partial charge < -0.3 is 19.9 Å². The van der Waals surface area contributed by atoms with Crippen molar-refractivity contribution >= 4 is 11.7 Å². The van der Waals surface area contributed by atoms with Gasteiger partial charge in [-0.15, -0.1) is 0 Å². The zero-order chi connectivity index (χ0) is 15.1. The van der Waals surface area contributed by atoms with Crippen molar-refractivity contribution in [3.63, 3.8) is 0 Å². The fourth-order valence-electron chi connectivity index (χ4n) is 2.47. The Kier molecular flexibility index (Phi) is 5.87. The van der Waals surface area contributed by atoms with Gasteiger partial charge in [-0.3, -0.25) is 0 Å². The minimum absolute atomic E-state index is 0.0126. The zero-order valence-electron chi connectivity index (χ0n) is 13.0. The van der Waals surface area contributed by atoms with E-state index in [0.29, 0.717) is 32.8 Å². The Labute approximate surface area is 126 Å². The second kappa shape index (κ2) is 7.88. The number of anilines is 1. The fraction of sp³-hybridized carbons (Fsp3) is 0.562. The molecule has 0 radical (unpaired) electrons. The summed E-state index contributed by atoms with van der Waals surface area (Å²) in [5.74, 6) is 0. The Morgan fingerprint density at radius 2 is 2.14 bits per heavy atom. The third-order valence-corrected chi connectivity index (χ3v) is 3.70. The summed E-state index contributed by atoms with van der Waals surface area (Å²) in [5.41, 5.74) is 2.46. The van der Waals surface area contributed by atoms with Gasteiger partial charge in [-0.05, 0) is 31.5 Å². The lowest BCUT2D eigenvalue weighted by atomic mass is 10.2. The number of carbonyl (C=O) groups excluding carboxylic acids is 1. The number of hydrogen-bond donors (Lipinski definition) is 1. The van der Waals surface area contributed by atoms with Gasteiger partial charge in [-0.1, -0.05) is 12.1 Å². The standard InChI is InChI=1S/C16H25N3O2/c1-3-18(15-6-4-5-14(2)13-15)8-7-17-16(20)19-9-11-21-12-10-19/h4-6,13H,3,7-12H2,1-2H3,(H,17,20). The minimum Gasteiger partial charge on any atom is -0.378 e. The van der Waals surface area contributed by atoms with Crippen molar-refractivity contribution in [1.29, 1.82) is 0 Å². The van der Waals surface area contributed by atoms with E-state index in [1.807, 2.05) is 4.90 Å². The molecule has 0 spiro atoms. The highest BCUT2D eigenvalue weighted by atomic mass is 16.5. The van der Waals surface area contributed by atoms with Gasteiger partial charge in [0.2, 0.25) is 0 Å². The van der Waals surface area contributed by atoms with Crippen molar-refractivity contribution in [3.05, 3.63) is 29.8 Å². The predicted octanol–water partition coefficient (Wildman–Crippen LogP) is 1.86. The molecule has 1 fully saturated rings. The van der Waals surface area contributed by atoms with E-state index >= 15 is 0 Å². The molecule has 0 unspecified atom stereocenters. The Morgan fingerprint density at radius 3 is 2.81 bits per heavy atom. The van der Waals surface area contributed by atoms with Crippen molar-refractivity contribution in [2.24, 2.45) is 0 Å². The summed E-state index contributed by atoms with van der Waals surface area (Å²) in [6, 6.07) is 8.46. The lowest BCUT2D eigenvalue weighted by Gasteiger charge is -2.28. The second-order valence-electron chi connectivity index (χ2n) is 5.25. The lowest BCUT2D eigenvalue weighted by Crippen LogP contribution is -2.47. The first-order chi connectivity index (χ1) is 10.2. The van der Waals surface area contributed by atoms with E-state index in [0.717, 1.165) is 13.1 Å². The molecule has 0 atom stereocenters. The molecule has 2 rings (SSSR count). The molecular formula is C16H25N3O2. The monoisotopic (exact) mass is 291 g/mol. The molecule has 5 nitrogen and oxygen atoms in total. The van der Waals surface area contributed by atoms with Crippen LogP contribution in [0.25, 0.3) is 0 Å². The fourth-order valence-corrected chi connectivity index (χ4v) is 2.47. The molecule has 1 aliphatic heterocycles. The predicted molar refractivity (Wildman–Crippen MR) is 84.9 cm³/mol. The molecule has 1 aromatic carbocycles. The number of nitrogens with one attached hydrogen (secondary N) is 1. The van der Waals surface area contributed by atoms with Crippen LogP contribution >= 0.6 is 0 Å². The molecule has 5 heteroatoms. The number of nitrogens with zero attached hydrogens (tertiary/aromatic N) is 2. The van der Waals surface area contributed by atoms with Crippen LogP contribution in [0.5, 0.6) is 0 Å². The first-order valence-electron chi connectivity index (χ1n) is 7.63. The normalized spacial score (nSPS) is 14.9. The van der Waals surface area contributed by atoms with Crippen molar-refractivity contribution in [1.82, 2.24) is 10.2 Å². The molecule has 0 aromatic heterocycles. The van der Waals surface area contributed by atoms with Crippen LogP contribution in [-0.4, -0.2) is 56.9 Å². The summed E-state index contributed by atoms with van der Waals surface area (Å²) < 4.78 is 5.25. The van der Waals surface area contributed by atoms with Gasteiger partial charge in [0.15, 0.2) is 0 Å². The maximum Gasteiger partial charge on any atom is 0.317 e. The van der Waals surface area contributed by atoms with E-state index in [9.17, 15) is 4.79 Å². The summed E-state index contributed by atoms with van der Waals surface area (Å²) in [4.78, 5) is 16.1. The molecule has 1 N–H and O–H groups in total. The Balaban J connectivity index is 1.79. The maximum atomic E-state index is 12.0. The Hall–Kier alpha value is -1.75. The highest BCUT2D eigenvalue weighted by Crippen LogP contribution is 2.14. The van der Waals surface area contributed by atoms with Gasteiger partial charge in [0.25, 0.3) is 0 Å². The van der Waals surface area contributed by atoms with Crippen LogP contribution in [-0.2, 0) is 4.74 Å². The third kappa shape index (κ3) is 4.63. The van der Waals surface area contributed by atoms with Crippen LogP contribution in [0.3, 0.4) is 0 Å². The van der Waals surface area contributed by atoms with Crippen molar-refractivity contribution < 1.29 is 9.53 Å². The number of urea groups is 1. The van der Waals surface area contributed by atoms with Crippen molar-refractivity contribution in [3.8, 4) is 0 Å². The highest BCUT2D eigenvalue weighted by molar-refractivity contribution is 5.74. The molecule has 0 saturated carbocycles. The third-order valence-electron chi connectivity index (χ3n) is 3.70. The molecule has 116 valence electrons. The Morgan fingerprint density at radius 1 is 1.38 bits per heavy atom. The van der Waals surface area contributed by atoms with Gasteiger partial charge in [0, 0.05) is 38.4 Å². The highest BCUT2D eigenvalue weighted by Gasteiger charge is 2.16. The zero-order valence-corrected chi connectivity index (χ0v) is 13.0. The van der Waals surface area contributed by atoms with Crippen LogP contribution in [0.4, 0.5) is 10.5 Å². The van der Waals surface area contributed by atoms with Crippen molar-refractivity contribution in [2.75, 3.05) is 50.8 Å². The summed E-state index contributed by atoms with van der Waals surface area (Å²) in [5, 5.41) is 2.99. The van der Waals surface area contributed by atoms with Crippen LogP contribution in [0, 0.1) is 6.92 Å². The largest absolute Gasteiger partial charge is 0.378 e. The van der Waals surface area contributed by atoms with Crippen LogP contribution in [0.15, 0.2) is 24.3 Å². The number of ether oxygens (including phenoxy) is 1. The topological polar surface area (TPSA) is 44.8 Å². The summed E-state index contributed by atoms with van der Waals surface area (Å²) >= 11 is 0.